The van der Waals surface area contributed by atoms with Gasteiger partial charge in [0.2, 0.25) is 0 Å². The molecule has 4 N–H and O–H groups in total. The third-order valence-corrected chi connectivity index (χ3v) is 4.34. The lowest BCUT2D eigenvalue weighted by Crippen LogP contribution is -2.14. The van der Waals surface area contributed by atoms with E-state index < -0.39 is 5.97 Å². The Labute approximate surface area is 156 Å². The minimum absolute atomic E-state index is 0.338. The second-order valence-electron chi connectivity index (χ2n) is 7.18. The second-order valence-corrected chi connectivity index (χ2v) is 7.18. The fourth-order valence-corrected chi connectivity index (χ4v) is 2.65. The molecule has 4 nitrogen and oxygen atoms in total. The Balaban J connectivity index is 0. The molecular formula is C21H45NO3. The number of hydrogen-bond acceptors (Lipinski definition) is 3. The van der Waals surface area contributed by atoms with Crippen LogP contribution in [0, 0.1) is 0 Å². The van der Waals surface area contributed by atoms with Crippen molar-refractivity contribution in [2.75, 3.05) is 6.54 Å². The smallest absolute Gasteiger partial charge is 0.303 e. The third-order valence-electron chi connectivity index (χ3n) is 4.34. The van der Waals surface area contributed by atoms with Gasteiger partial charge in [0.05, 0.1) is 6.10 Å². The molecule has 152 valence electrons. The Hall–Kier alpha value is -0.610. The molecule has 0 bridgehead atoms. The summed E-state index contributed by atoms with van der Waals surface area (Å²) in [6.45, 7) is 4.28. The molecule has 0 amide bonds. The van der Waals surface area contributed by atoms with E-state index in [2.05, 4.69) is 6.92 Å². The van der Waals surface area contributed by atoms with Crippen molar-refractivity contribution in [3.63, 3.8) is 0 Å². The third kappa shape index (κ3) is 31.6. The number of carbonyl (C=O) groups is 1. The van der Waals surface area contributed by atoms with Gasteiger partial charge in [0.1, 0.15) is 0 Å². The quantitative estimate of drug-likeness (QED) is 0.293. The van der Waals surface area contributed by atoms with Crippen LogP contribution in [0.4, 0.5) is 0 Å². The summed E-state index contributed by atoms with van der Waals surface area (Å²) in [7, 11) is 0. The van der Waals surface area contributed by atoms with E-state index in [4.69, 9.17) is 15.9 Å². The van der Waals surface area contributed by atoms with Crippen molar-refractivity contribution >= 4 is 5.97 Å². The van der Waals surface area contributed by atoms with Crippen molar-refractivity contribution in [3.05, 3.63) is 0 Å². The largest absolute Gasteiger partial charge is 0.481 e. The summed E-state index contributed by atoms with van der Waals surface area (Å²) < 4.78 is 0. The number of nitrogens with two attached hydrogens (primary N) is 1. The van der Waals surface area contributed by atoms with Gasteiger partial charge in [-0.05, 0) is 13.3 Å². The molecular weight excluding hydrogens is 314 g/mol. The first-order valence-electron chi connectivity index (χ1n) is 10.6. The highest BCUT2D eigenvalue weighted by molar-refractivity contribution is 5.66. The van der Waals surface area contributed by atoms with Crippen LogP contribution >= 0.6 is 0 Å². The second kappa shape index (κ2) is 23.4. The minimum Gasteiger partial charge on any atom is -0.481 e. The Morgan fingerprint density at radius 3 is 1.28 bits per heavy atom. The number of aliphatic carboxylic acids is 1. The van der Waals surface area contributed by atoms with Crippen LogP contribution in [0.1, 0.15) is 117 Å². The molecule has 0 aliphatic rings. The van der Waals surface area contributed by atoms with Crippen LogP contribution < -0.4 is 5.73 Å². The molecule has 1 atom stereocenters. The lowest BCUT2D eigenvalue weighted by Gasteiger charge is -2.03. The standard InChI is InChI=1S/C18H36O2.C3H9NO/c1-2-3-4-5-6-7-8-9-10-11-12-13-14-15-16-17-18(19)20;1-3(5)2-4/h2-17H2,1H3,(H,19,20);3,5H,2,4H2,1H3/t;3-/m.1/s1. The Morgan fingerprint density at radius 2 is 1.04 bits per heavy atom. The maximum atomic E-state index is 10.3. The summed E-state index contributed by atoms with van der Waals surface area (Å²) in [6, 6.07) is 0. The first-order valence-corrected chi connectivity index (χ1v) is 10.6. The van der Waals surface area contributed by atoms with E-state index in [0.717, 1.165) is 12.8 Å². The summed E-state index contributed by atoms with van der Waals surface area (Å²) in [5, 5.41) is 16.8. The average Bonchev–Trinajstić information content (AvgIpc) is 2.58. The molecule has 0 aliphatic heterocycles. The number of aliphatic hydroxyl groups is 1. The van der Waals surface area contributed by atoms with Gasteiger partial charge in [-0.2, -0.15) is 0 Å². The van der Waals surface area contributed by atoms with E-state index in [9.17, 15) is 4.79 Å². The van der Waals surface area contributed by atoms with E-state index in [-0.39, 0.29) is 6.10 Å². The fourth-order valence-electron chi connectivity index (χ4n) is 2.65. The van der Waals surface area contributed by atoms with Crippen molar-refractivity contribution in [3.8, 4) is 0 Å². The number of carboxylic acids is 1. The van der Waals surface area contributed by atoms with Gasteiger partial charge in [-0.1, -0.05) is 96.8 Å². The molecule has 0 aromatic rings. The van der Waals surface area contributed by atoms with Crippen LogP contribution in [0.5, 0.6) is 0 Å². The monoisotopic (exact) mass is 359 g/mol. The minimum atomic E-state index is -0.653. The van der Waals surface area contributed by atoms with Crippen molar-refractivity contribution in [1.82, 2.24) is 0 Å². The van der Waals surface area contributed by atoms with Gasteiger partial charge in [0, 0.05) is 13.0 Å². The highest BCUT2D eigenvalue weighted by Gasteiger charge is 1.97. The van der Waals surface area contributed by atoms with Crippen molar-refractivity contribution in [2.24, 2.45) is 5.73 Å². The molecule has 0 aromatic heterocycles. The highest BCUT2D eigenvalue weighted by Crippen LogP contribution is 2.13. The zero-order chi connectivity index (χ0) is 19.2. The van der Waals surface area contributed by atoms with Gasteiger partial charge >= 0.3 is 5.97 Å². The number of rotatable bonds is 17. The summed E-state index contributed by atoms with van der Waals surface area (Å²) in [6.07, 6.45) is 19.9. The molecule has 0 aliphatic carbocycles. The van der Waals surface area contributed by atoms with Crippen LogP contribution in [-0.4, -0.2) is 28.8 Å². The fraction of sp³-hybridized carbons (Fsp3) is 0.952. The van der Waals surface area contributed by atoms with Gasteiger partial charge in [0.15, 0.2) is 0 Å². The lowest BCUT2D eigenvalue weighted by atomic mass is 10.0. The molecule has 0 saturated heterocycles. The average molecular weight is 360 g/mol. The Morgan fingerprint density at radius 1 is 0.760 bits per heavy atom. The van der Waals surface area contributed by atoms with E-state index in [1.54, 1.807) is 6.92 Å². The molecule has 0 heterocycles. The molecule has 0 fully saturated rings. The van der Waals surface area contributed by atoms with Crippen molar-refractivity contribution < 1.29 is 15.0 Å². The normalized spacial score (nSPS) is 11.7. The molecule has 25 heavy (non-hydrogen) atoms. The van der Waals surface area contributed by atoms with E-state index in [1.807, 2.05) is 0 Å². The molecule has 0 rings (SSSR count). The zero-order valence-electron chi connectivity index (χ0n) is 17.0. The SMILES string of the molecule is CCCCCCCCCCCCCCCCCC(=O)O.C[C@@H](O)CN. The predicted molar refractivity (Wildman–Crippen MR) is 108 cm³/mol. The Bertz CT molecular complexity index is 258. The van der Waals surface area contributed by atoms with Gasteiger partial charge in [0.25, 0.3) is 0 Å². The molecule has 4 heteroatoms. The lowest BCUT2D eigenvalue weighted by molar-refractivity contribution is -0.137. The van der Waals surface area contributed by atoms with E-state index >= 15 is 0 Å². The topological polar surface area (TPSA) is 83.5 Å². The number of unbranched alkanes of at least 4 members (excludes halogenated alkanes) is 14. The first kappa shape index (κ1) is 26.6. The molecule has 0 unspecified atom stereocenters. The molecule has 0 saturated carbocycles. The van der Waals surface area contributed by atoms with E-state index in [0.29, 0.717) is 13.0 Å². The molecule has 0 spiro atoms. The zero-order valence-corrected chi connectivity index (χ0v) is 17.0. The maximum absolute atomic E-state index is 10.3. The first-order chi connectivity index (χ1) is 12.0. The predicted octanol–water partition coefficient (Wildman–Crippen LogP) is 5.66. The van der Waals surface area contributed by atoms with Gasteiger partial charge in [-0.25, -0.2) is 0 Å². The molecule has 0 aromatic carbocycles. The van der Waals surface area contributed by atoms with Crippen LogP contribution in [0.15, 0.2) is 0 Å². The van der Waals surface area contributed by atoms with E-state index in [1.165, 1.54) is 83.5 Å². The summed E-state index contributed by atoms with van der Waals surface area (Å²) in [5.41, 5.74) is 4.92. The van der Waals surface area contributed by atoms with Gasteiger partial charge in [-0.15, -0.1) is 0 Å². The van der Waals surface area contributed by atoms with Crippen LogP contribution in [-0.2, 0) is 4.79 Å². The number of carboxylic acid groups (broad SMARTS) is 1. The van der Waals surface area contributed by atoms with Crippen molar-refractivity contribution in [1.29, 1.82) is 0 Å². The summed E-state index contributed by atoms with van der Waals surface area (Å²) in [5.74, 6) is -0.653. The van der Waals surface area contributed by atoms with Gasteiger partial charge < -0.3 is 15.9 Å². The maximum Gasteiger partial charge on any atom is 0.303 e. The van der Waals surface area contributed by atoms with Gasteiger partial charge in [-0.3, -0.25) is 4.79 Å². The Kier molecular flexibility index (Phi) is 24.9. The van der Waals surface area contributed by atoms with Crippen LogP contribution in [0.3, 0.4) is 0 Å². The summed E-state index contributed by atoms with van der Waals surface area (Å²) in [4.78, 5) is 10.3. The number of hydrogen-bond donors (Lipinski definition) is 3. The van der Waals surface area contributed by atoms with Crippen LogP contribution in [0.25, 0.3) is 0 Å². The summed E-state index contributed by atoms with van der Waals surface area (Å²) >= 11 is 0. The van der Waals surface area contributed by atoms with Crippen LogP contribution in [0.2, 0.25) is 0 Å². The van der Waals surface area contributed by atoms with Crippen molar-refractivity contribution in [2.45, 2.75) is 123 Å². The highest BCUT2D eigenvalue weighted by atomic mass is 16.4. The molecule has 0 radical (unpaired) electrons. The number of aliphatic hydroxyl groups excluding tert-OH is 1.